The molecule has 87 valence electrons. The molecule has 1 unspecified atom stereocenters. The van der Waals surface area contributed by atoms with Gasteiger partial charge in [-0.2, -0.15) is 0 Å². The lowest BCUT2D eigenvalue weighted by Gasteiger charge is -2.40. The molecule has 0 saturated heterocycles. The minimum absolute atomic E-state index is 0.000370. The molecule has 3 heteroatoms. The quantitative estimate of drug-likeness (QED) is 0.658. The van der Waals surface area contributed by atoms with Crippen molar-refractivity contribution in [2.45, 2.75) is 52.6 Å². The van der Waals surface area contributed by atoms with E-state index in [2.05, 4.69) is 32.6 Å². The first kappa shape index (κ1) is 12.3. The van der Waals surface area contributed by atoms with Gasteiger partial charge in [0.1, 0.15) is 13.2 Å². The molecule has 0 aromatic carbocycles. The Morgan fingerprint density at radius 3 is 2.73 bits per heavy atom. The van der Waals surface area contributed by atoms with E-state index in [-0.39, 0.29) is 11.5 Å². The van der Waals surface area contributed by atoms with E-state index in [9.17, 15) is 4.79 Å². The monoisotopic (exact) mass is 213 g/mol. The smallest absolute Gasteiger partial charge is 0.431 e. The van der Waals surface area contributed by atoms with E-state index in [1.807, 2.05) is 0 Å². The second kappa shape index (κ2) is 4.86. The normalized spacial score (nSPS) is 31.4. The van der Waals surface area contributed by atoms with E-state index in [0.29, 0.717) is 5.92 Å². The first-order valence-electron chi connectivity index (χ1n) is 5.60. The summed E-state index contributed by atoms with van der Waals surface area (Å²) in [4.78, 5) is 11.0. The van der Waals surface area contributed by atoms with Crippen molar-refractivity contribution in [1.29, 1.82) is 0 Å². The van der Waals surface area contributed by atoms with Gasteiger partial charge in [-0.05, 0) is 37.0 Å². The summed E-state index contributed by atoms with van der Waals surface area (Å²) in [5.41, 5.74) is 0.282. The van der Waals surface area contributed by atoms with Gasteiger partial charge in [0.15, 0.2) is 0 Å². The van der Waals surface area contributed by atoms with Gasteiger partial charge in [-0.3, -0.25) is 0 Å². The number of hydrogen-bond donors (Lipinski definition) is 0. The zero-order valence-electron chi connectivity index (χ0n) is 9.91. The molecule has 15 heavy (non-hydrogen) atoms. The molecule has 0 aliphatic heterocycles. The SMILES string of the molecule is [CH2]OC(=O)OC1CCC[C@@](C)(C(C)C)C1. The maximum absolute atomic E-state index is 11.0. The average molecular weight is 213 g/mol. The van der Waals surface area contributed by atoms with Crippen molar-refractivity contribution in [2.75, 3.05) is 0 Å². The third-order valence-electron chi connectivity index (χ3n) is 3.74. The molecule has 0 aromatic rings. The minimum Gasteiger partial charge on any atom is -0.431 e. The molecule has 0 N–H and O–H groups in total. The third-order valence-corrected chi connectivity index (χ3v) is 3.74. The molecule has 0 amide bonds. The predicted molar refractivity (Wildman–Crippen MR) is 58.1 cm³/mol. The summed E-state index contributed by atoms with van der Waals surface area (Å²) in [7, 11) is 3.05. The van der Waals surface area contributed by atoms with Crippen molar-refractivity contribution < 1.29 is 14.3 Å². The molecule has 3 nitrogen and oxygen atoms in total. The highest BCUT2D eigenvalue weighted by atomic mass is 16.7. The largest absolute Gasteiger partial charge is 0.508 e. The van der Waals surface area contributed by atoms with Gasteiger partial charge in [0.2, 0.25) is 0 Å². The van der Waals surface area contributed by atoms with Gasteiger partial charge in [-0.15, -0.1) is 0 Å². The number of ether oxygens (including phenoxy) is 2. The fourth-order valence-electron chi connectivity index (χ4n) is 2.25. The van der Waals surface area contributed by atoms with E-state index in [1.165, 1.54) is 6.42 Å². The first-order chi connectivity index (χ1) is 6.98. The highest BCUT2D eigenvalue weighted by Gasteiger charge is 2.36. The van der Waals surface area contributed by atoms with Gasteiger partial charge < -0.3 is 9.47 Å². The summed E-state index contributed by atoms with van der Waals surface area (Å²) in [5.74, 6) is 0.611. The van der Waals surface area contributed by atoms with E-state index in [0.717, 1.165) is 19.3 Å². The lowest BCUT2D eigenvalue weighted by molar-refractivity contribution is -0.0116. The standard InChI is InChI=1S/C12H21O3/c1-9(2)12(3)7-5-6-10(8-12)15-11(13)14-4/h9-10H,4-8H2,1-3H3/t10?,12-/m1/s1. The summed E-state index contributed by atoms with van der Waals surface area (Å²) in [6.45, 7) is 6.72. The molecule has 1 rings (SSSR count). The highest BCUT2D eigenvalue weighted by Crippen LogP contribution is 2.42. The highest BCUT2D eigenvalue weighted by molar-refractivity contribution is 5.60. The lowest BCUT2D eigenvalue weighted by atomic mass is 9.67. The maximum Gasteiger partial charge on any atom is 0.508 e. The lowest BCUT2D eigenvalue weighted by Crippen LogP contribution is -2.35. The van der Waals surface area contributed by atoms with Gasteiger partial charge in [-0.25, -0.2) is 4.79 Å². The second-order valence-corrected chi connectivity index (χ2v) is 5.04. The Morgan fingerprint density at radius 2 is 2.20 bits per heavy atom. The Kier molecular flexibility index (Phi) is 4.00. The third kappa shape index (κ3) is 3.11. The van der Waals surface area contributed by atoms with E-state index < -0.39 is 6.16 Å². The molecule has 0 heterocycles. The molecule has 2 atom stereocenters. The van der Waals surface area contributed by atoms with Crippen LogP contribution in [-0.2, 0) is 9.47 Å². The molecular weight excluding hydrogens is 192 g/mol. The van der Waals surface area contributed by atoms with Crippen molar-refractivity contribution in [3.63, 3.8) is 0 Å². The van der Waals surface area contributed by atoms with Crippen molar-refractivity contribution >= 4 is 6.16 Å². The van der Waals surface area contributed by atoms with E-state index >= 15 is 0 Å². The molecule has 0 spiro atoms. The summed E-state index contributed by atoms with van der Waals surface area (Å²) in [5, 5.41) is 0. The average Bonchev–Trinajstić information content (AvgIpc) is 2.17. The van der Waals surface area contributed by atoms with Crippen LogP contribution in [0.1, 0.15) is 46.5 Å². The Labute approximate surface area is 92.1 Å². The Balaban J connectivity index is 2.52. The number of rotatable bonds is 2. The van der Waals surface area contributed by atoms with Crippen LogP contribution in [0.2, 0.25) is 0 Å². The Hall–Kier alpha value is -0.730. The first-order valence-corrected chi connectivity index (χ1v) is 5.60. The van der Waals surface area contributed by atoms with Gasteiger partial charge in [0, 0.05) is 0 Å². The Morgan fingerprint density at radius 1 is 1.53 bits per heavy atom. The molecule has 0 bridgehead atoms. The maximum atomic E-state index is 11.0. The predicted octanol–water partition coefficient (Wildman–Crippen LogP) is 3.54. The molecule has 1 saturated carbocycles. The molecule has 1 fully saturated rings. The second-order valence-electron chi connectivity index (χ2n) is 5.04. The molecule has 1 aliphatic rings. The zero-order chi connectivity index (χ0) is 11.5. The van der Waals surface area contributed by atoms with Crippen molar-refractivity contribution in [2.24, 2.45) is 11.3 Å². The summed E-state index contributed by atoms with van der Waals surface area (Å²) in [6.07, 6.45) is 3.54. The van der Waals surface area contributed by atoms with Crippen LogP contribution in [-0.4, -0.2) is 12.3 Å². The summed E-state index contributed by atoms with van der Waals surface area (Å²) >= 11 is 0. The fraction of sp³-hybridized carbons (Fsp3) is 0.833. The van der Waals surface area contributed by atoms with Gasteiger partial charge in [0.05, 0.1) is 0 Å². The fourth-order valence-corrected chi connectivity index (χ4v) is 2.25. The van der Waals surface area contributed by atoms with Crippen molar-refractivity contribution in [1.82, 2.24) is 0 Å². The summed E-state index contributed by atoms with van der Waals surface area (Å²) < 4.78 is 9.43. The van der Waals surface area contributed by atoms with Crippen LogP contribution in [0.5, 0.6) is 0 Å². The van der Waals surface area contributed by atoms with Crippen LogP contribution >= 0.6 is 0 Å². The number of carbonyl (C=O) groups excluding carboxylic acids is 1. The van der Waals surface area contributed by atoms with Gasteiger partial charge in [0.25, 0.3) is 0 Å². The molecule has 1 aliphatic carbocycles. The topological polar surface area (TPSA) is 35.5 Å². The Bertz CT molecular complexity index is 225. The minimum atomic E-state index is -0.659. The van der Waals surface area contributed by atoms with E-state index in [1.54, 1.807) is 0 Å². The van der Waals surface area contributed by atoms with Crippen LogP contribution < -0.4 is 0 Å². The van der Waals surface area contributed by atoms with Gasteiger partial charge >= 0.3 is 6.16 Å². The van der Waals surface area contributed by atoms with Crippen molar-refractivity contribution in [3.8, 4) is 0 Å². The molecule has 0 aromatic heterocycles. The molecule has 1 radical (unpaired) electrons. The van der Waals surface area contributed by atoms with Crippen LogP contribution in [0.25, 0.3) is 0 Å². The van der Waals surface area contributed by atoms with E-state index in [4.69, 9.17) is 4.74 Å². The van der Waals surface area contributed by atoms with Crippen LogP contribution in [0.3, 0.4) is 0 Å². The summed E-state index contributed by atoms with van der Waals surface area (Å²) in [6, 6.07) is 0. The number of hydrogen-bond acceptors (Lipinski definition) is 3. The van der Waals surface area contributed by atoms with Crippen LogP contribution in [0.15, 0.2) is 0 Å². The van der Waals surface area contributed by atoms with Crippen LogP contribution in [0, 0.1) is 18.4 Å². The molecular formula is C12H21O3. The zero-order valence-corrected chi connectivity index (χ0v) is 9.91. The van der Waals surface area contributed by atoms with Crippen LogP contribution in [0.4, 0.5) is 4.79 Å². The van der Waals surface area contributed by atoms with Gasteiger partial charge in [-0.1, -0.05) is 20.8 Å². The number of carbonyl (C=O) groups is 1. The van der Waals surface area contributed by atoms with Crippen molar-refractivity contribution in [3.05, 3.63) is 7.11 Å².